The van der Waals surface area contributed by atoms with Crippen molar-refractivity contribution in [1.29, 1.82) is 0 Å². The smallest absolute Gasteiger partial charge is 0.251 e. The summed E-state index contributed by atoms with van der Waals surface area (Å²) in [4.78, 5) is 14.8. The van der Waals surface area contributed by atoms with Crippen molar-refractivity contribution in [3.8, 4) is 12.3 Å². The van der Waals surface area contributed by atoms with E-state index in [4.69, 9.17) is 10.8 Å². The number of fused-ring (bicyclic) bond motifs is 3. The van der Waals surface area contributed by atoms with Crippen LogP contribution in [0.5, 0.6) is 0 Å². The van der Waals surface area contributed by atoms with Crippen LogP contribution in [0.1, 0.15) is 22.3 Å². The highest BCUT2D eigenvalue weighted by Crippen LogP contribution is 2.28. The summed E-state index contributed by atoms with van der Waals surface area (Å²) in [5.74, 6) is 3.16. The van der Waals surface area contributed by atoms with Gasteiger partial charge in [0.05, 0.1) is 5.56 Å². The molecule has 2 saturated heterocycles. The topological polar surface area (TPSA) is 45.5 Å². The summed E-state index contributed by atoms with van der Waals surface area (Å²) in [5.41, 5.74) is 2.04. The maximum atomic E-state index is 12.4. The SMILES string of the molecule is C#Cc1coc2ccc(C(=O)NC3CN4CC[C@@H]3C4)cc12. The highest BCUT2D eigenvalue weighted by atomic mass is 16.3. The van der Waals surface area contributed by atoms with Crippen molar-refractivity contribution in [2.24, 2.45) is 5.92 Å². The zero-order valence-electron chi connectivity index (χ0n) is 11.6. The van der Waals surface area contributed by atoms with Crippen molar-refractivity contribution in [3.63, 3.8) is 0 Å². The molecule has 2 fully saturated rings. The first-order valence-corrected chi connectivity index (χ1v) is 7.25. The van der Waals surface area contributed by atoms with Crippen LogP contribution in [0.3, 0.4) is 0 Å². The van der Waals surface area contributed by atoms with Crippen LogP contribution < -0.4 is 5.32 Å². The van der Waals surface area contributed by atoms with Gasteiger partial charge in [0, 0.05) is 30.1 Å². The summed E-state index contributed by atoms with van der Waals surface area (Å²) in [6.07, 6.45) is 8.18. The number of terminal acetylenes is 1. The first-order chi connectivity index (χ1) is 10.2. The Bertz CT molecular complexity index is 756. The second-order valence-corrected chi connectivity index (χ2v) is 5.89. The van der Waals surface area contributed by atoms with Gasteiger partial charge in [0.15, 0.2) is 0 Å². The molecule has 1 amide bonds. The normalized spacial score (nSPS) is 26.9. The third kappa shape index (κ3) is 2.01. The Morgan fingerprint density at radius 2 is 2.33 bits per heavy atom. The summed E-state index contributed by atoms with van der Waals surface area (Å²) in [6, 6.07) is 5.68. The predicted molar refractivity (Wildman–Crippen MR) is 80.0 cm³/mol. The van der Waals surface area contributed by atoms with Gasteiger partial charge in [-0.05, 0) is 37.1 Å². The number of hydrogen-bond donors (Lipinski definition) is 1. The first-order valence-electron chi connectivity index (χ1n) is 7.25. The molecule has 1 aromatic carbocycles. The lowest BCUT2D eigenvalue weighted by atomic mass is 9.99. The van der Waals surface area contributed by atoms with Gasteiger partial charge in [0.25, 0.3) is 5.91 Å². The van der Waals surface area contributed by atoms with Crippen LogP contribution in [0.25, 0.3) is 11.0 Å². The van der Waals surface area contributed by atoms with Gasteiger partial charge in [0.2, 0.25) is 0 Å². The molecular weight excluding hydrogens is 264 g/mol. The molecule has 1 N–H and O–H groups in total. The molecule has 21 heavy (non-hydrogen) atoms. The largest absolute Gasteiger partial charge is 0.463 e. The predicted octanol–water partition coefficient (Wildman–Crippen LogP) is 1.85. The molecule has 4 nitrogen and oxygen atoms in total. The number of nitrogens with zero attached hydrogens (tertiary/aromatic N) is 1. The van der Waals surface area contributed by atoms with Crippen molar-refractivity contribution in [1.82, 2.24) is 10.2 Å². The highest BCUT2D eigenvalue weighted by molar-refractivity contribution is 5.99. The molecule has 0 saturated carbocycles. The van der Waals surface area contributed by atoms with E-state index in [2.05, 4.69) is 16.1 Å². The zero-order chi connectivity index (χ0) is 14.4. The molecule has 2 aliphatic heterocycles. The van der Waals surface area contributed by atoms with Crippen LogP contribution in [-0.4, -0.2) is 36.5 Å². The van der Waals surface area contributed by atoms with E-state index < -0.39 is 0 Å². The Morgan fingerprint density at radius 3 is 3.05 bits per heavy atom. The molecule has 0 aliphatic carbocycles. The van der Waals surface area contributed by atoms with Crippen LogP contribution in [0, 0.1) is 18.3 Å². The van der Waals surface area contributed by atoms with Crippen LogP contribution in [0.4, 0.5) is 0 Å². The van der Waals surface area contributed by atoms with Crippen molar-refractivity contribution in [2.75, 3.05) is 19.6 Å². The average Bonchev–Trinajstić information content (AvgIpc) is 3.21. The summed E-state index contributed by atoms with van der Waals surface area (Å²) in [6.45, 7) is 3.26. The van der Waals surface area contributed by atoms with E-state index in [1.165, 1.54) is 13.0 Å². The average molecular weight is 280 g/mol. The van der Waals surface area contributed by atoms with Gasteiger partial charge in [-0.3, -0.25) is 4.79 Å². The van der Waals surface area contributed by atoms with E-state index in [1.807, 2.05) is 6.07 Å². The summed E-state index contributed by atoms with van der Waals surface area (Å²) >= 11 is 0. The number of benzene rings is 1. The maximum Gasteiger partial charge on any atom is 0.251 e. The number of carbonyl (C=O) groups is 1. The van der Waals surface area contributed by atoms with Crippen LogP contribution in [0.2, 0.25) is 0 Å². The maximum absolute atomic E-state index is 12.4. The molecule has 106 valence electrons. The molecule has 4 heteroatoms. The van der Waals surface area contributed by atoms with Crippen molar-refractivity contribution >= 4 is 16.9 Å². The number of carbonyl (C=O) groups excluding carboxylic acids is 1. The molecule has 2 bridgehead atoms. The van der Waals surface area contributed by atoms with Gasteiger partial charge >= 0.3 is 0 Å². The number of nitrogens with one attached hydrogen (secondary N) is 1. The second-order valence-electron chi connectivity index (χ2n) is 5.89. The number of rotatable bonds is 2. The Kier molecular flexibility index (Phi) is 2.76. The molecule has 0 spiro atoms. The highest BCUT2D eigenvalue weighted by Gasteiger charge is 2.38. The van der Waals surface area contributed by atoms with Crippen molar-refractivity contribution in [2.45, 2.75) is 12.5 Å². The summed E-state index contributed by atoms with van der Waals surface area (Å²) < 4.78 is 5.37. The molecule has 3 heterocycles. The van der Waals surface area contributed by atoms with Crippen molar-refractivity contribution in [3.05, 3.63) is 35.6 Å². The zero-order valence-corrected chi connectivity index (χ0v) is 11.6. The lowest BCUT2D eigenvalue weighted by Gasteiger charge is -2.23. The van der Waals surface area contributed by atoms with E-state index in [1.54, 1.807) is 18.4 Å². The second kappa shape index (κ2) is 4.64. The Hall–Kier alpha value is -2.25. The van der Waals surface area contributed by atoms with Gasteiger partial charge in [-0.15, -0.1) is 6.42 Å². The number of piperidine rings is 1. The summed E-state index contributed by atoms with van der Waals surface area (Å²) in [7, 11) is 0. The number of hydrogen-bond acceptors (Lipinski definition) is 3. The van der Waals surface area contributed by atoms with Gasteiger partial charge in [-0.1, -0.05) is 5.92 Å². The third-order valence-electron chi connectivity index (χ3n) is 4.64. The fraction of sp³-hybridized carbons (Fsp3) is 0.353. The minimum absolute atomic E-state index is 0.0279. The standard InChI is InChI=1S/C17H16N2O2/c1-2-11-10-21-16-4-3-12(7-14(11)16)17(20)18-15-9-19-6-5-13(15)8-19/h1,3-4,7,10,13,15H,5-6,8-9H2,(H,18,20)/t13-,15?/m1/s1. The number of furan rings is 1. The van der Waals surface area contributed by atoms with E-state index in [0.29, 0.717) is 22.6 Å². The molecule has 2 aromatic rings. The van der Waals surface area contributed by atoms with E-state index in [0.717, 1.165) is 18.5 Å². The van der Waals surface area contributed by atoms with Crippen LogP contribution >= 0.6 is 0 Å². The van der Waals surface area contributed by atoms with Crippen LogP contribution in [-0.2, 0) is 0 Å². The van der Waals surface area contributed by atoms with Gasteiger partial charge in [-0.2, -0.15) is 0 Å². The Balaban J connectivity index is 1.58. The molecule has 3 atom stereocenters. The molecule has 0 radical (unpaired) electrons. The minimum Gasteiger partial charge on any atom is -0.463 e. The van der Waals surface area contributed by atoms with Crippen molar-refractivity contribution < 1.29 is 9.21 Å². The molecular formula is C17H16N2O2. The summed E-state index contributed by atoms with van der Waals surface area (Å²) in [5, 5.41) is 3.98. The Morgan fingerprint density at radius 1 is 1.43 bits per heavy atom. The molecule has 1 aromatic heterocycles. The Labute approximate surface area is 123 Å². The minimum atomic E-state index is -0.0279. The fourth-order valence-corrected chi connectivity index (χ4v) is 3.48. The number of amides is 1. The quantitative estimate of drug-likeness (QED) is 0.854. The third-order valence-corrected chi connectivity index (χ3v) is 4.64. The fourth-order valence-electron chi connectivity index (χ4n) is 3.48. The van der Waals surface area contributed by atoms with Gasteiger partial charge in [0.1, 0.15) is 11.8 Å². The first kappa shape index (κ1) is 12.5. The van der Waals surface area contributed by atoms with E-state index in [9.17, 15) is 4.79 Å². The molecule has 2 unspecified atom stereocenters. The lowest BCUT2D eigenvalue weighted by molar-refractivity contribution is 0.0924. The van der Waals surface area contributed by atoms with Gasteiger partial charge in [-0.25, -0.2) is 0 Å². The molecule has 2 aliphatic rings. The monoisotopic (exact) mass is 280 g/mol. The van der Waals surface area contributed by atoms with Gasteiger partial charge < -0.3 is 14.6 Å². The van der Waals surface area contributed by atoms with Crippen LogP contribution in [0.15, 0.2) is 28.9 Å². The van der Waals surface area contributed by atoms with E-state index >= 15 is 0 Å². The van der Waals surface area contributed by atoms with E-state index in [-0.39, 0.29) is 11.9 Å². The lowest BCUT2D eigenvalue weighted by Crippen LogP contribution is -2.43. The molecule has 4 rings (SSSR count).